The number of primary amides is 1. The Hall–Kier alpha value is -2.57. The second-order valence-electron chi connectivity index (χ2n) is 3.90. The van der Waals surface area contributed by atoms with Crippen LogP contribution < -0.4 is 16.4 Å². The topological polar surface area (TPSA) is 122 Å². The van der Waals surface area contributed by atoms with E-state index in [0.29, 0.717) is 5.56 Å². The first-order valence-corrected chi connectivity index (χ1v) is 5.58. The molecule has 5 N–H and O–H groups in total. The quantitative estimate of drug-likeness (QED) is 0.625. The number of carboxylic acids is 1. The van der Waals surface area contributed by atoms with Crippen LogP contribution in [0.1, 0.15) is 22.3 Å². The molecule has 0 unspecified atom stereocenters. The van der Waals surface area contributed by atoms with Gasteiger partial charge in [-0.15, -0.1) is 0 Å². The number of nitrogens with two attached hydrogens (primary N) is 1. The van der Waals surface area contributed by atoms with Crippen molar-refractivity contribution in [2.24, 2.45) is 5.73 Å². The molecule has 0 aliphatic rings. The Morgan fingerprint density at radius 2 is 2.00 bits per heavy atom. The predicted molar refractivity (Wildman–Crippen MR) is 69.0 cm³/mol. The highest BCUT2D eigenvalue weighted by molar-refractivity contribution is 6.01. The van der Waals surface area contributed by atoms with Crippen LogP contribution in [-0.4, -0.2) is 29.6 Å². The maximum Gasteiger partial charge on any atom is 0.338 e. The SMILES string of the molecule is Cc1cccc(NC(=O)NCCC(N)=O)c1C(=O)O. The lowest BCUT2D eigenvalue weighted by Gasteiger charge is -2.11. The lowest BCUT2D eigenvalue weighted by atomic mass is 10.1. The van der Waals surface area contributed by atoms with Gasteiger partial charge < -0.3 is 21.5 Å². The molecule has 19 heavy (non-hydrogen) atoms. The van der Waals surface area contributed by atoms with Gasteiger partial charge in [0.2, 0.25) is 5.91 Å². The van der Waals surface area contributed by atoms with Crippen LogP contribution >= 0.6 is 0 Å². The van der Waals surface area contributed by atoms with E-state index in [1.165, 1.54) is 6.07 Å². The van der Waals surface area contributed by atoms with Crippen LogP contribution in [0.4, 0.5) is 10.5 Å². The third kappa shape index (κ3) is 4.30. The molecular formula is C12H15N3O4. The number of carbonyl (C=O) groups excluding carboxylic acids is 2. The van der Waals surface area contributed by atoms with Crippen LogP contribution in [0.2, 0.25) is 0 Å². The van der Waals surface area contributed by atoms with Crippen molar-refractivity contribution in [2.45, 2.75) is 13.3 Å². The number of aryl methyl sites for hydroxylation is 1. The van der Waals surface area contributed by atoms with Gasteiger partial charge in [-0.05, 0) is 18.6 Å². The Labute approximate surface area is 109 Å². The summed E-state index contributed by atoms with van der Waals surface area (Å²) in [7, 11) is 0. The standard InChI is InChI=1S/C12H15N3O4/c1-7-3-2-4-8(10(7)11(17)18)15-12(19)14-6-5-9(13)16/h2-4H,5-6H2,1H3,(H2,13,16)(H,17,18)(H2,14,15,19). The van der Waals surface area contributed by atoms with E-state index in [1.807, 2.05) is 0 Å². The highest BCUT2D eigenvalue weighted by Gasteiger charge is 2.14. The molecule has 0 fully saturated rings. The van der Waals surface area contributed by atoms with Gasteiger partial charge in [0.25, 0.3) is 0 Å². The first-order chi connectivity index (χ1) is 8.91. The molecule has 7 heteroatoms. The number of benzene rings is 1. The Morgan fingerprint density at radius 3 is 2.58 bits per heavy atom. The molecule has 0 atom stereocenters. The zero-order valence-electron chi connectivity index (χ0n) is 10.4. The molecule has 0 bridgehead atoms. The zero-order chi connectivity index (χ0) is 14.4. The summed E-state index contributed by atoms with van der Waals surface area (Å²) in [6.07, 6.45) is 0.0209. The van der Waals surface area contributed by atoms with Crippen molar-refractivity contribution in [2.75, 3.05) is 11.9 Å². The number of aromatic carboxylic acids is 1. The van der Waals surface area contributed by atoms with E-state index in [2.05, 4.69) is 10.6 Å². The molecule has 102 valence electrons. The number of rotatable bonds is 5. The van der Waals surface area contributed by atoms with Gasteiger partial charge in [0.05, 0.1) is 11.3 Å². The predicted octanol–water partition coefficient (Wildman–Crippen LogP) is 0.690. The molecule has 0 saturated heterocycles. The van der Waals surface area contributed by atoms with Crippen LogP contribution in [0.5, 0.6) is 0 Å². The van der Waals surface area contributed by atoms with Gasteiger partial charge >= 0.3 is 12.0 Å². The first kappa shape index (κ1) is 14.5. The summed E-state index contributed by atoms with van der Waals surface area (Å²) >= 11 is 0. The van der Waals surface area contributed by atoms with Gasteiger partial charge in [-0.3, -0.25) is 4.79 Å². The summed E-state index contributed by atoms with van der Waals surface area (Å²) in [5.41, 5.74) is 5.70. The molecule has 0 spiro atoms. The molecule has 0 heterocycles. The van der Waals surface area contributed by atoms with Gasteiger partial charge in [0, 0.05) is 13.0 Å². The Balaban J connectivity index is 2.72. The molecule has 1 aromatic rings. The van der Waals surface area contributed by atoms with E-state index in [-0.39, 0.29) is 24.2 Å². The molecule has 0 aliphatic heterocycles. The van der Waals surface area contributed by atoms with Crippen LogP contribution in [-0.2, 0) is 4.79 Å². The fraction of sp³-hybridized carbons (Fsp3) is 0.250. The monoisotopic (exact) mass is 265 g/mol. The number of anilines is 1. The number of hydrogen-bond donors (Lipinski definition) is 4. The van der Waals surface area contributed by atoms with Gasteiger partial charge in [0.15, 0.2) is 0 Å². The van der Waals surface area contributed by atoms with Crippen LogP contribution in [0, 0.1) is 6.92 Å². The van der Waals surface area contributed by atoms with Gasteiger partial charge in [-0.1, -0.05) is 12.1 Å². The number of urea groups is 1. The molecule has 0 saturated carbocycles. The summed E-state index contributed by atoms with van der Waals surface area (Å²) < 4.78 is 0. The number of carbonyl (C=O) groups is 3. The average molecular weight is 265 g/mol. The summed E-state index contributed by atoms with van der Waals surface area (Å²) in [5, 5.41) is 13.9. The van der Waals surface area contributed by atoms with Crippen molar-refractivity contribution in [1.29, 1.82) is 0 Å². The highest BCUT2D eigenvalue weighted by atomic mass is 16.4. The number of amides is 3. The molecular weight excluding hydrogens is 250 g/mol. The van der Waals surface area contributed by atoms with Crippen LogP contribution in [0.3, 0.4) is 0 Å². The van der Waals surface area contributed by atoms with Crippen LogP contribution in [0.15, 0.2) is 18.2 Å². The Bertz CT molecular complexity index is 514. The van der Waals surface area contributed by atoms with E-state index >= 15 is 0 Å². The van der Waals surface area contributed by atoms with Crippen molar-refractivity contribution in [3.63, 3.8) is 0 Å². The summed E-state index contributed by atoms with van der Waals surface area (Å²) in [6.45, 7) is 1.73. The minimum atomic E-state index is -1.12. The molecule has 0 aliphatic carbocycles. The Morgan fingerprint density at radius 1 is 1.32 bits per heavy atom. The molecule has 7 nitrogen and oxygen atoms in total. The Kier molecular flexibility index (Phi) is 4.87. The number of hydrogen-bond acceptors (Lipinski definition) is 3. The largest absolute Gasteiger partial charge is 0.478 e. The maximum absolute atomic E-state index is 11.5. The second kappa shape index (κ2) is 6.39. The lowest BCUT2D eigenvalue weighted by molar-refractivity contribution is -0.117. The minimum Gasteiger partial charge on any atom is -0.478 e. The van der Waals surface area contributed by atoms with Crippen molar-refractivity contribution >= 4 is 23.6 Å². The third-order valence-electron chi connectivity index (χ3n) is 2.39. The average Bonchev–Trinajstić information content (AvgIpc) is 2.27. The number of carboxylic acid groups (broad SMARTS) is 1. The fourth-order valence-corrected chi connectivity index (χ4v) is 1.52. The van der Waals surface area contributed by atoms with Crippen molar-refractivity contribution in [3.05, 3.63) is 29.3 Å². The van der Waals surface area contributed by atoms with Crippen molar-refractivity contribution < 1.29 is 19.5 Å². The molecule has 3 amide bonds. The molecule has 1 aromatic carbocycles. The van der Waals surface area contributed by atoms with Gasteiger partial charge in [0.1, 0.15) is 0 Å². The van der Waals surface area contributed by atoms with E-state index in [4.69, 9.17) is 10.8 Å². The van der Waals surface area contributed by atoms with Crippen molar-refractivity contribution in [3.8, 4) is 0 Å². The van der Waals surface area contributed by atoms with Gasteiger partial charge in [-0.2, -0.15) is 0 Å². The summed E-state index contributed by atoms with van der Waals surface area (Å²) in [5.74, 6) is -1.65. The minimum absolute atomic E-state index is 0.0209. The third-order valence-corrected chi connectivity index (χ3v) is 2.39. The van der Waals surface area contributed by atoms with Crippen molar-refractivity contribution in [1.82, 2.24) is 5.32 Å². The first-order valence-electron chi connectivity index (χ1n) is 5.58. The normalized spacial score (nSPS) is 9.74. The molecule has 0 radical (unpaired) electrons. The maximum atomic E-state index is 11.5. The van der Waals surface area contributed by atoms with E-state index in [1.54, 1.807) is 19.1 Å². The smallest absolute Gasteiger partial charge is 0.338 e. The summed E-state index contributed by atoms with van der Waals surface area (Å²) in [4.78, 5) is 33.1. The van der Waals surface area contributed by atoms with E-state index in [0.717, 1.165) is 0 Å². The second-order valence-corrected chi connectivity index (χ2v) is 3.90. The van der Waals surface area contributed by atoms with E-state index < -0.39 is 17.9 Å². The van der Waals surface area contributed by atoms with Gasteiger partial charge in [-0.25, -0.2) is 9.59 Å². The fourth-order valence-electron chi connectivity index (χ4n) is 1.52. The summed E-state index contributed by atoms with van der Waals surface area (Å²) in [6, 6.07) is 4.18. The molecule has 1 rings (SSSR count). The highest BCUT2D eigenvalue weighted by Crippen LogP contribution is 2.19. The van der Waals surface area contributed by atoms with E-state index in [9.17, 15) is 14.4 Å². The molecule has 0 aromatic heterocycles. The number of nitrogens with one attached hydrogen (secondary N) is 2. The van der Waals surface area contributed by atoms with Crippen LogP contribution in [0.25, 0.3) is 0 Å². The lowest BCUT2D eigenvalue weighted by Crippen LogP contribution is -2.32. The zero-order valence-corrected chi connectivity index (χ0v) is 10.4.